The van der Waals surface area contributed by atoms with Gasteiger partial charge in [-0.2, -0.15) is 13.2 Å². The predicted molar refractivity (Wildman–Crippen MR) is 122 cm³/mol. The minimum Gasteiger partial charge on any atom is -0.444 e. The van der Waals surface area contributed by atoms with Gasteiger partial charge in [0.25, 0.3) is 5.91 Å². The summed E-state index contributed by atoms with van der Waals surface area (Å²) in [6.07, 6.45) is -4.08. The van der Waals surface area contributed by atoms with Gasteiger partial charge < -0.3 is 14.5 Å². The van der Waals surface area contributed by atoms with E-state index in [2.05, 4.69) is 4.99 Å². The second kappa shape index (κ2) is 9.28. The van der Waals surface area contributed by atoms with Crippen LogP contribution in [0.15, 0.2) is 34.3 Å². The fraction of sp³-hybridized carbons (Fsp3) is 0.560. The number of hydrogen-bond donors (Lipinski definition) is 0. The first-order chi connectivity index (χ1) is 16.3. The van der Waals surface area contributed by atoms with Crippen LogP contribution in [0.5, 0.6) is 0 Å². The third kappa shape index (κ3) is 5.36. The number of alkyl halides is 3. The quantitative estimate of drug-likeness (QED) is 0.546. The van der Waals surface area contributed by atoms with Gasteiger partial charge in [-0.3, -0.25) is 9.79 Å². The molecular formula is C25H29F4N3O3. The number of piperidine rings is 1. The van der Waals surface area contributed by atoms with Gasteiger partial charge in [-0.25, -0.2) is 9.18 Å². The van der Waals surface area contributed by atoms with E-state index < -0.39 is 35.2 Å². The molecule has 0 spiro atoms. The van der Waals surface area contributed by atoms with Crippen LogP contribution in [0.3, 0.4) is 0 Å². The average Bonchev–Trinajstić information content (AvgIpc) is 3.20. The van der Waals surface area contributed by atoms with Crippen molar-refractivity contribution in [3.05, 3.63) is 46.3 Å². The Morgan fingerprint density at radius 2 is 1.74 bits per heavy atom. The number of hydrogen-bond acceptors (Lipinski definition) is 4. The third-order valence-electron chi connectivity index (χ3n) is 6.56. The minimum atomic E-state index is -4.64. The normalized spacial score (nSPS) is 19.6. The zero-order valence-corrected chi connectivity index (χ0v) is 20.0. The highest BCUT2D eigenvalue weighted by Crippen LogP contribution is 2.40. The molecule has 0 N–H and O–H groups in total. The van der Waals surface area contributed by atoms with Crippen molar-refractivity contribution in [2.75, 3.05) is 32.7 Å². The summed E-state index contributed by atoms with van der Waals surface area (Å²) in [4.78, 5) is 33.2. The first-order valence-corrected chi connectivity index (χ1v) is 11.7. The third-order valence-corrected chi connectivity index (χ3v) is 6.56. The van der Waals surface area contributed by atoms with Crippen molar-refractivity contribution in [1.29, 1.82) is 0 Å². The summed E-state index contributed by atoms with van der Waals surface area (Å²) >= 11 is 0. The van der Waals surface area contributed by atoms with Gasteiger partial charge in [0.1, 0.15) is 17.1 Å². The summed E-state index contributed by atoms with van der Waals surface area (Å²) in [6.45, 7) is 6.94. The van der Waals surface area contributed by atoms with E-state index in [9.17, 15) is 27.2 Å². The number of benzene rings is 1. The lowest BCUT2D eigenvalue weighted by molar-refractivity contribution is -0.139. The van der Waals surface area contributed by atoms with E-state index >= 15 is 0 Å². The second-order valence-electron chi connectivity index (χ2n) is 10.2. The van der Waals surface area contributed by atoms with Crippen molar-refractivity contribution < 1.29 is 31.9 Å². The molecule has 190 valence electrons. The fourth-order valence-electron chi connectivity index (χ4n) is 4.93. The molecular weight excluding hydrogens is 466 g/mol. The van der Waals surface area contributed by atoms with Crippen LogP contribution in [-0.4, -0.2) is 65.8 Å². The molecule has 0 bridgehead atoms. The first-order valence-electron chi connectivity index (χ1n) is 11.7. The van der Waals surface area contributed by atoms with Crippen molar-refractivity contribution in [3.8, 4) is 0 Å². The number of rotatable bonds is 2. The molecule has 3 aliphatic rings. The Kier molecular flexibility index (Phi) is 6.68. The molecule has 35 heavy (non-hydrogen) atoms. The molecule has 4 rings (SSSR count). The average molecular weight is 496 g/mol. The lowest BCUT2D eigenvalue weighted by Crippen LogP contribution is -2.44. The van der Waals surface area contributed by atoms with E-state index in [0.717, 1.165) is 29.3 Å². The first kappa shape index (κ1) is 25.2. The molecule has 0 unspecified atom stereocenters. The number of aliphatic imine (C=N–C) groups is 1. The lowest BCUT2D eigenvalue weighted by atomic mass is 9.85. The van der Waals surface area contributed by atoms with E-state index in [0.29, 0.717) is 31.8 Å². The Hall–Kier alpha value is -2.91. The number of nitrogens with zero attached hydrogens (tertiary/aromatic N) is 3. The Balaban J connectivity index is 1.40. The molecule has 10 heteroatoms. The van der Waals surface area contributed by atoms with E-state index in [-0.39, 0.29) is 37.4 Å². The zero-order chi connectivity index (χ0) is 25.5. The van der Waals surface area contributed by atoms with Crippen LogP contribution in [0.2, 0.25) is 0 Å². The molecule has 2 amide bonds. The van der Waals surface area contributed by atoms with Gasteiger partial charge in [-0.1, -0.05) is 6.07 Å². The molecule has 0 saturated carbocycles. The Bertz CT molecular complexity index is 1080. The number of carbonyl (C=O) groups is 2. The van der Waals surface area contributed by atoms with Crippen LogP contribution in [0, 0.1) is 5.82 Å². The highest BCUT2D eigenvalue weighted by atomic mass is 19.4. The summed E-state index contributed by atoms with van der Waals surface area (Å²) in [5.41, 5.74) is 0.240. The maximum absolute atomic E-state index is 14.4. The number of carbonyl (C=O) groups excluding carboxylic acids is 2. The van der Waals surface area contributed by atoms with Crippen molar-refractivity contribution >= 4 is 17.7 Å². The molecule has 1 saturated heterocycles. The Morgan fingerprint density at radius 1 is 1.06 bits per heavy atom. The maximum Gasteiger partial charge on any atom is 0.416 e. The van der Waals surface area contributed by atoms with Crippen molar-refractivity contribution in [1.82, 2.24) is 9.80 Å². The smallest absolute Gasteiger partial charge is 0.416 e. The summed E-state index contributed by atoms with van der Waals surface area (Å²) in [5.74, 6) is -1.74. The van der Waals surface area contributed by atoms with E-state index in [1.807, 2.05) is 0 Å². The maximum atomic E-state index is 14.4. The molecule has 1 fully saturated rings. The van der Waals surface area contributed by atoms with Crippen molar-refractivity contribution in [3.63, 3.8) is 0 Å². The number of halogens is 4. The Morgan fingerprint density at radius 3 is 2.37 bits per heavy atom. The summed E-state index contributed by atoms with van der Waals surface area (Å²) in [7, 11) is 0. The summed E-state index contributed by atoms with van der Waals surface area (Å²) in [6, 6.07) is 3.02. The summed E-state index contributed by atoms with van der Waals surface area (Å²) in [5, 5.41) is 0. The highest BCUT2D eigenvalue weighted by molar-refractivity contribution is 6.46. The van der Waals surface area contributed by atoms with Crippen LogP contribution in [0.25, 0.3) is 0 Å². The van der Waals surface area contributed by atoms with Gasteiger partial charge in [0.15, 0.2) is 0 Å². The van der Waals surface area contributed by atoms with E-state index in [1.54, 1.807) is 30.6 Å². The van der Waals surface area contributed by atoms with Crippen LogP contribution in [-0.2, 0) is 15.7 Å². The zero-order valence-electron chi connectivity index (χ0n) is 20.0. The molecule has 3 heterocycles. The monoisotopic (exact) mass is 495 g/mol. The largest absolute Gasteiger partial charge is 0.444 e. The minimum absolute atomic E-state index is 0.223. The Labute approximate surface area is 201 Å². The lowest BCUT2D eigenvalue weighted by Gasteiger charge is -2.34. The molecule has 0 aliphatic carbocycles. The number of ether oxygens (including phenoxy) is 1. The fourth-order valence-corrected chi connectivity index (χ4v) is 4.93. The van der Waals surface area contributed by atoms with E-state index in [1.165, 1.54) is 0 Å². The van der Waals surface area contributed by atoms with Gasteiger partial charge in [-0.15, -0.1) is 0 Å². The SMILES string of the molecule is CC(C)(C)OC(=O)N1CCC2=C(CN=C2C(=O)N2CCC(c3c(F)cccc3C(F)(F)F)CC2)C1. The standard InChI is InChI=1S/C25H29F4N3O3/c1-24(2,3)35-23(34)32-12-9-17-16(14-32)13-30-21(17)22(33)31-10-7-15(8-11-31)20-18(25(27,28)29)5-4-6-19(20)26/h4-6,15H,7-14H2,1-3H3. The van der Waals surface area contributed by atoms with Gasteiger partial charge in [0, 0.05) is 31.7 Å². The van der Waals surface area contributed by atoms with Crippen LogP contribution >= 0.6 is 0 Å². The topological polar surface area (TPSA) is 62.2 Å². The molecule has 3 aliphatic heterocycles. The van der Waals surface area contributed by atoms with Gasteiger partial charge in [0.05, 0.1) is 12.1 Å². The number of amides is 2. The van der Waals surface area contributed by atoms with Crippen molar-refractivity contribution in [2.45, 2.75) is 57.7 Å². The molecule has 0 radical (unpaired) electrons. The highest BCUT2D eigenvalue weighted by Gasteiger charge is 2.39. The predicted octanol–water partition coefficient (Wildman–Crippen LogP) is 4.94. The molecule has 6 nitrogen and oxygen atoms in total. The van der Waals surface area contributed by atoms with Crippen LogP contribution in [0.4, 0.5) is 22.4 Å². The van der Waals surface area contributed by atoms with Gasteiger partial charge in [-0.05, 0) is 69.2 Å². The van der Waals surface area contributed by atoms with Crippen molar-refractivity contribution in [2.24, 2.45) is 4.99 Å². The van der Waals surface area contributed by atoms with Crippen LogP contribution < -0.4 is 0 Å². The van der Waals surface area contributed by atoms with Gasteiger partial charge in [0.2, 0.25) is 0 Å². The summed E-state index contributed by atoms with van der Waals surface area (Å²) < 4.78 is 60.1. The van der Waals surface area contributed by atoms with Gasteiger partial charge >= 0.3 is 12.3 Å². The molecule has 0 atom stereocenters. The molecule has 1 aromatic rings. The second-order valence-corrected chi connectivity index (χ2v) is 10.2. The number of likely N-dealkylation sites (tertiary alicyclic amines) is 1. The molecule has 0 aromatic heterocycles. The van der Waals surface area contributed by atoms with Crippen LogP contribution in [0.1, 0.15) is 57.1 Å². The molecule has 1 aromatic carbocycles. The van der Waals surface area contributed by atoms with E-state index in [4.69, 9.17) is 4.74 Å².